The monoisotopic (exact) mass is 325 g/mol. The molecular weight excluding hydrogens is 310 g/mol. The molecule has 8 heteroatoms. The maximum absolute atomic E-state index is 4.59. The van der Waals surface area contributed by atoms with Gasteiger partial charge in [-0.25, -0.2) is 14.5 Å². The van der Waals surface area contributed by atoms with Crippen molar-refractivity contribution in [3.8, 4) is 10.7 Å². The molecule has 0 saturated carbocycles. The van der Waals surface area contributed by atoms with Crippen LogP contribution in [-0.2, 0) is 12.8 Å². The summed E-state index contributed by atoms with van der Waals surface area (Å²) in [6, 6.07) is 0. The number of aromatic amines is 1. The zero-order valence-corrected chi connectivity index (χ0v) is 13.6. The van der Waals surface area contributed by atoms with Gasteiger partial charge in [0.2, 0.25) is 0 Å². The lowest BCUT2D eigenvalue weighted by Gasteiger charge is -1.97. The van der Waals surface area contributed by atoms with Crippen molar-refractivity contribution in [3.63, 3.8) is 0 Å². The molecule has 4 heterocycles. The summed E-state index contributed by atoms with van der Waals surface area (Å²) < 4.78 is 1.85. The first-order valence-electron chi connectivity index (χ1n) is 7.31. The first-order valence-corrected chi connectivity index (χ1v) is 8.19. The fourth-order valence-electron chi connectivity index (χ4n) is 2.43. The quantitative estimate of drug-likeness (QED) is 0.622. The van der Waals surface area contributed by atoms with Crippen LogP contribution in [0.15, 0.2) is 24.1 Å². The second-order valence-corrected chi connectivity index (χ2v) is 6.26. The molecule has 0 aliphatic heterocycles. The number of nitrogens with zero attached hydrogens (tertiary/aromatic N) is 6. The molecule has 7 nitrogen and oxygen atoms in total. The Bertz CT molecular complexity index is 913. The van der Waals surface area contributed by atoms with Gasteiger partial charge in [-0.15, -0.1) is 11.3 Å². The van der Waals surface area contributed by atoms with Crippen molar-refractivity contribution in [3.05, 3.63) is 47.0 Å². The molecule has 1 N–H and O–H groups in total. The van der Waals surface area contributed by atoms with Crippen LogP contribution < -0.4 is 0 Å². The molecule has 4 aromatic rings. The summed E-state index contributed by atoms with van der Waals surface area (Å²) in [4.78, 5) is 21.8. The molecule has 0 aromatic carbocycles. The van der Waals surface area contributed by atoms with Gasteiger partial charge in [-0.2, -0.15) is 5.10 Å². The van der Waals surface area contributed by atoms with Gasteiger partial charge in [0.25, 0.3) is 0 Å². The molecule has 0 aliphatic rings. The normalized spacial score (nSPS) is 11.4. The molecule has 4 aromatic heterocycles. The van der Waals surface area contributed by atoms with Gasteiger partial charge in [0.15, 0.2) is 11.5 Å². The zero-order chi connectivity index (χ0) is 15.8. The SMILES string of the molecule is Cc1ncc(C)n2nc(CCc3cnc(-c4cncs4)[nH]3)nc12. The van der Waals surface area contributed by atoms with E-state index in [2.05, 4.69) is 30.0 Å². The number of aryl methyl sites for hydroxylation is 4. The van der Waals surface area contributed by atoms with Crippen LogP contribution in [0.2, 0.25) is 0 Å². The molecule has 0 spiro atoms. The van der Waals surface area contributed by atoms with Crippen molar-refractivity contribution in [2.45, 2.75) is 26.7 Å². The molecular formula is C15H15N7S. The average Bonchev–Trinajstić information content (AvgIpc) is 3.28. The minimum absolute atomic E-state index is 0.755. The second-order valence-electron chi connectivity index (χ2n) is 5.37. The number of hydrogen-bond donors (Lipinski definition) is 1. The van der Waals surface area contributed by atoms with Gasteiger partial charge in [0.05, 0.1) is 21.8 Å². The second kappa shape index (κ2) is 5.54. The third-order valence-corrected chi connectivity index (χ3v) is 4.45. The number of H-pyrrole nitrogens is 1. The Morgan fingerprint density at radius 3 is 2.83 bits per heavy atom. The van der Waals surface area contributed by atoms with Crippen LogP contribution >= 0.6 is 11.3 Å². The highest BCUT2D eigenvalue weighted by Gasteiger charge is 2.10. The maximum atomic E-state index is 4.59. The molecule has 0 amide bonds. The smallest absolute Gasteiger partial charge is 0.177 e. The van der Waals surface area contributed by atoms with Crippen LogP contribution in [-0.4, -0.2) is 34.5 Å². The fraction of sp³-hybridized carbons (Fsp3) is 0.267. The van der Waals surface area contributed by atoms with Crippen LogP contribution in [0.25, 0.3) is 16.3 Å². The summed E-state index contributed by atoms with van der Waals surface area (Å²) in [7, 11) is 0. The zero-order valence-electron chi connectivity index (χ0n) is 12.8. The molecule has 0 radical (unpaired) electrons. The summed E-state index contributed by atoms with van der Waals surface area (Å²) in [6.45, 7) is 3.93. The third-order valence-electron chi connectivity index (χ3n) is 3.67. The third kappa shape index (κ3) is 2.61. The van der Waals surface area contributed by atoms with E-state index < -0.39 is 0 Å². The summed E-state index contributed by atoms with van der Waals surface area (Å²) in [5, 5.41) is 4.57. The van der Waals surface area contributed by atoms with Crippen LogP contribution in [0, 0.1) is 13.8 Å². The number of nitrogens with one attached hydrogen (secondary N) is 1. The van der Waals surface area contributed by atoms with Crippen LogP contribution in [0.3, 0.4) is 0 Å². The van der Waals surface area contributed by atoms with Crippen molar-refractivity contribution in [2.75, 3.05) is 0 Å². The summed E-state index contributed by atoms with van der Waals surface area (Å²) in [5.41, 5.74) is 5.58. The van der Waals surface area contributed by atoms with Gasteiger partial charge in [-0.1, -0.05) is 0 Å². The van der Waals surface area contributed by atoms with E-state index >= 15 is 0 Å². The van der Waals surface area contributed by atoms with E-state index in [0.717, 1.165) is 52.1 Å². The van der Waals surface area contributed by atoms with E-state index in [9.17, 15) is 0 Å². The van der Waals surface area contributed by atoms with Crippen molar-refractivity contribution in [1.82, 2.24) is 34.5 Å². The predicted octanol–water partition coefficient (Wildman–Crippen LogP) is 2.37. The Morgan fingerprint density at radius 2 is 2.04 bits per heavy atom. The minimum Gasteiger partial charge on any atom is -0.341 e. The lowest BCUT2D eigenvalue weighted by atomic mass is 10.2. The van der Waals surface area contributed by atoms with Crippen LogP contribution in [0.1, 0.15) is 22.9 Å². The maximum Gasteiger partial charge on any atom is 0.177 e. The summed E-state index contributed by atoms with van der Waals surface area (Å²) in [5.74, 6) is 1.68. The van der Waals surface area contributed by atoms with Crippen LogP contribution in [0.4, 0.5) is 0 Å². The topological polar surface area (TPSA) is 84.6 Å². The summed E-state index contributed by atoms with van der Waals surface area (Å²) >= 11 is 1.57. The predicted molar refractivity (Wildman–Crippen MR) is 87.4 cm³/mol. The van der Waals surface area contributed by atoms with E-state index in [1.165, 1.54) is 0 Å². The number of fused-ring (bicyclic) bond motifs is 1. The van der Waals surface area contributed by atoms with E-state index in [1.54, 1.807) is 16.8 Å². The molecule has 0 aliphatic carbocycles. The Labute approximate surface area is 136 Å². The van der Waals surface area contributed by atoms with Crippen molar-refractivity contribution in [1.29, 1.82) is 0 Å². The first kappa shape index (κ1) is 14.0. The van der Waals surface area contributed by atoms with Gasteiger partial charge in [0, 0.05) is 30.7 Å². The molecule has 23 heavy (non-hydrogen) atoms. The minimum atomic E-state index is 0.755. The lowest BCUT2D eigenvalue weighted by Crippen LogP contribution is -1.98. The largest absolute Gasteiger partial charge is 0.341 e. The van der Waals surface area contributed by atoms with Crippen molar-refractivity contribution >= 4 is 17.0 Å². The van der Waals surface area contributed by atoms with Gasteiger partial charge < -0.3 is 4.98 Å². The van der Waals surface area contributed by atoms with Crippen molar-refractivity contribution in [2.24, 2.45) is 0 Å². The lowest BCUT2D eigenvalue weighted by molar-refractivity contribution is 0.809. The molecule has 0 unspecified atom stereocenters. The van der Waals surface area contributed by atoms with E-state index in [0.29, 0.717) is 0 Å². The highest BCUT2D eigenvalue weighted by atomic mass is 32.1. The van der Waals surface area contributed by atoms with E-state index in [-0.39, 0.29) is 0 Å². The average molecular weight is 325 g/mol. The Balaban J connectivity index is 1.53. The fourth-order valence-corrected chi connectivity index (χ4v) is 3.01. The van der Waals surface area contributed by atoms with Gasteiger partial charge >= 0.3 is 0 Å². The molecule has 0 atom stereocenters. The number of rotatable bonds is 4. The highest BCUT2D eigenvalue weighted by Crippen LogP contribution is 2.20. The molecule has 0 bridgehead atoms. The van der Waals surface area contributed by atoms with Gasteiger partial charge in [0.1, 0.15) is 5.82 Å². The molecule has 4 rings (SSSR count). The Hall–Kier alpha value is -2.61. The number of thiazole rings is 1. The Kier molecular flexibility index (Phi) is 3.38. The van der Waals surface area contributed by atoms with E-state index in [4.69, 9.17) is 0 Å². The standard InChI is InChI=1S/C15H15N7S/c1-9-5-17-10(2)15-20-13(21-22(9)15)4-3-11-6-18-14(19-11)12-7-16-8-23-12/h5-8H,3-4H2,1-2H3,(H,18,19). The molecule has 0 fully saturated rings. The van der Waals surface area contributed by atoms with E-state index in [1.807, 2.05) is 37.0 Å². The Morgan fingerprint density at radius 1 is 1.13 bits per heavy atom. The van der Waals surface area contributed by atoms with Crippen molar-refractivity contribution < 1.29 is 0 Å². The number of aromatic nitrogens is 7. The number of imidazole rings is 1. The van der Waals surface area contributed by atoms with Crippen LogP contribution in [0.5, 0.6) is 0 Å². The summed E-state index contributed by atoms with van der Waals surface area (Å²) in [6.07, 6.45) is 7.06. The highest BCUT2D eigenvalue weighted by molar-refractivity contribution is 7.13. The van der Waals surface area contributed by atoms with Gasteiger partial charge in [-0.3, -0.25) is 9.97 Å². The first-order chi connectivity index (χ1) is 11.2. The molecule has 116 valence electrons. The van der Waals surface area contributed by atoms with Gasteiger partial charge in [-0.05, 0) is 20.3 Å². The molecule has 0 saturated heterocycles. The number of hydrogen-bond acceptors (Lipinski definition) is 6.